The maximum Gasteiger partial charge on any atom is 0.338 e. The van der Waals surface area contributed by atoms with Crippen LogP contribution in [0, 0.1) is 6.92 Å². The third-order valence-electron chi connectivity index (χ3n) is 4.20. The van der Waals surface area contributed by atoms with E-state index in [4.69, 9.17) is 5.11 Å². The fraction of sp³-hybridized carbons (Fsp3) is 0.217. The Balaban J connectivity index is 0.000000365. The van der Waals surface area contributed by atoms with Gasteiger partial charge in [-0.2, -0.15) is 26.0 Å². The zero-order chi connectivity index (χ0) is 26.8. The Morgan fingerprint density at radius 2 is 1.57 bits per heavy atom. The Bertz CT molecular complexity index is 1200. The smallest absolute Gasteiger partial charge is 0.338 e. The molecule has 2 aromatic rings. The summed E-state index contributed by atoms with van der Waals surface area (Å²) in [5.74, 6) is -1.67. The third-order valence-corrected chi connectivity index (χ3v) is 5.40. The summed E-state index contributed by atoms with van der Waals surface area (Å²) in [6, 6.07) is 9.20. The van der Waals surface area contributed by atoms with E-state index in [9.17, 15) is 35.6 Å². The van der Waals surface area contributed by atoms with Crippen molar-refractivity contribution in [2.24, 2.45) is 0 Å². The van der Waals surface area contributed by atoms with Gasteiger partial charge >= 0.3 is 22.2 Å². The molecule has 0 bridgehead atoms. The normalized spacial score (nSPS) is 10.4. The van der Waals surface area contributed by atoms with Crippen molar-refractivity contribution in [2.45, 2.75) is 25.2 Å². The van der Waals surface area contributed by atoms with E-state index in [-0.39, 0.29) is 27.8 Å². The molecule has 0 fully saturated rings. The fourth-order valence-corrected chi connectivity index (χ4v) is 3.41. The molecule has 0 aliphatic heterocycles. The molecule has 2 rings (SSSR count). The molecule has 0 aromatic heterocycles. The van der Waals surface area contributed by atoms with Crippen LogP contribution >= 0.6 is 0 Å². The van der Waals surface area contributed by atoms with E-state index in [0.29, 0.717) is 12.6 Å². The summed E-state index contributed by atoms with van der Waals surface area (Å²) in [6.07, 6.45) is -2.98. The molecule has 0 radical (unpaired) electrons. The Kier molecular flexibility index (Phi) is 11.1. The van der Waals surface area contributed by atoms with Crippen molar-refractivity contribution >= 4 is 28.1 Å². The van der Waals surface area contributed by atoms with Gasteiger partial charge in [-0.3, -0.25) is 4.79 Å². The zero-order valence-electron chi connectivity index (χ0n) is 19.0. The average molecular weight is 517 g/mol. The topological polar surface area (TPSA) is 101 Å². The van der Waals surface area contributed by atoms with Crippen molar-refractivity contribution in [3.63, 3.8) is 0 Å². The number of nitrogens with zero attached hydrogens (tertiary/aromatic N) is 1. The van der Waals surface area contributed by atoms with E-state index in [1.54, 1.807) is 26.1 Å². The van der Waals surface area contributed by atoms with Crippen molar-refractivity contribution in [3.8, 4) is 0 Å². The molecule has 0 unspecified atom stereocenters. The Hall–Kier alpha value is -3.67. The number of benzene rings is 2. The number of amides is 1. The van der Waals surface area contributed by atoms with Gasteiger partial charge in [-0.05, 0) is 49.2 Å². The van der Waals surface area contributed by atoms with Crippen LogP contribution in [-0.4, -0.2) is 43.9 Å². The van der Waals surface area contributed by atoms with Gasteiger partial charge in [0.1, 0.15) is 4.90 Å². The minimum Gasteiger partial charge on any atom is -0.478 e. The highest BCUT2D eigenvalue weighted by Crippen LogP contribution is 2.17. The number of hydrogen-bond donors (Lipinski definition) is 1. The number of halogens is 4. The van der Waals surface area contributed by atoms with E-state index in [2.05, 4.69) is 4.18 Å². The first-order valence-corrected chi connectivity index (χ1v) is 11.3. The molecular weight excluding hydrogens is 494 g/mol. The maximum atomic E-state index is 12.3. The van der Waals surface area contributed by atoms with Crippen molar-refractivity contribution in [3.05, 3.63) is 83.1 Å². The average Bonchev–Trinajstić information content (AvgIpc) is 2.77. The number of carboxylic acids is 1. The van der Waals surface area contributed by atoms with Gasteiger partial charge in [-0.1, -0.05) is 24.6 Å². The molecule has 190 valence electrons. The highest BCUT2D eigenvalue weighted by molar-refractivity contribution is 7.86. The van der Waals surface area contributed by atoms with Gasteiger partial charge in [-0.25, -0.2) is 4.79 Å². The molecule has 7 nitrogen and oxygen atoms in total. The standard InChI is InChI=1S/C14H15F2NO3.C9H8F2O3S/c1-3-4-17(2)13(18)10-5-9(7-12(15)16)6-11(8-10)14(19)20;1-7-2-4-8(5-3-7)15(12,13)14-6-9(10)11/h5-8H,3-4H2,1-2H3,(H,19,20);2-6H,1H3. The van der Waals surface area contributed by atoms with Crippen LogP contribution < -0.4 is 0 Å². The second kappa shape index (κ2) is 13.3. The number of aromatic carboxylic acids is 1. The fourth-order valence-electron chi connectivity index (χ4n) is 2.63. The lowest BCUT2D eigenvalue weighted by Gasteiger charge is -2.16. The van der Waals surface area contributed by atoms with E-state index in [0.717, 1.165) is 18.1 Å². The van der Waals surface area contributed by atoms with Crippen LogP contribution in [0.2, 0.25) is 0 Å². The summed E-state index contributed by atoms with van der Waals surface area (Å²) in [5, 5.41) is 8.96. The number of carbonyl (C=O) groups excluding carboxylic acids is 1. The lowest BCUT2D eigenvalue weighted by Crippen LogP contribution is -2.27. The van der Waals surface area contributed by atoms with Gasteiger partial charge in [0.25, 0.3) is 12.0 Å². The van der Waals surface area contributed by atoms with Crippen molar-refractivity contribution in [1.82, 2.24) is 4.90 Å². The molecule has 0 spiro atoms. The molecule has 0 saturated carbocycles. The van der Waals surface area contributed by atoms with Crippen LogP contribution in [0.5, 0.6) is 0 Å². The number of carboxylic acid groups (broad SMARTS) is 1. The highest BCUT2D eigenvalue weighted by Gasteiger charge is 2.16. The minimum absolute atomic E-state index is 0.0156. The van der Waals surface area contributed by atoms with Gasteiger partial charge in [-0.15, -0.1) is 0 Å². The summed E-state index contributed by atoms with van der Waals surface area (Å²) >= 11 is 0. The van der Waals surface area contributed by atoms with Crippen LogP contribution in [0.25, 0.3) is 6.08 Å². The maximum absolute atomic E-state index is 12.3. The monoisotopic (exact) mass is 517 g/mol. The molecule has 0 aliphatic carbocycles. The minimum atomic E-state index is -4.13. The second-order valence-electron chi connectivity index (χ2n) is 7.08. The second-order valence-corrected chi connectivity index (χ2v) is 8.65. The van der Waals surface area contributed by atoms with E-state index in [1.807, 2.05) is 6.92 Å². The summed E-state index contributed by atoms with van der Waals surface area (Å²) < 4.78 is 74.3. The first-order valence-electron chi connectivity index (χ1n) is 9.94. The van der Waals surface area contributed by atoms with E-state index < -0.39 is 34.2 Å². The van der Waals surface area contributed by atoms with Crippen LogP contribution in [-0.2, 0) is 14.3 Å². The molecule has 2 aromatic carbocycles. The Labute approximate surface area is 200 Å². The molecule has 35 heavy (non-hydrogen) atoms. The van der Waals surface area contributed by atoms with Crippen LogP contribution in [0.15, 0.2) is 65.8 Å². The Morgan fingerprint density at radius 3 is 2.06 bits per heavy atom. The molecule has 1 amide bonds. The van der Waals surface area contributed by atoms with E-state index >= 15 is 0 Å². The van der Waals surface area contributed by atoms with Crippen LogP contribution in [0.4, 0.5) is 17.6 Å². The van der Waals surface area contributed by atoms with Gasteiger partial charge in [0, 0.05) is 25.2 Å². The Morgan fingerprint density at radius 1 is 1.00 bits per heavy atom. The predicted octanol–water partition coefficient (Wildman–Crippen LogP) is 5.54. The first-order chi connectivity index (χ1) is 16.3. The molecule has 0 atom stereocenters. The van der Waals surface area contributed by atoms with E-state index in [1.165, 1.54) is 29.2 Å². The van der Waals surface area contributed by atoms with Gasteiger partial charge in [0.2, 0.25) is 0 Å². The van der Waals surface area contributed by atoms with Crippen LogP contribution in [0.1, 0.15) is 45.2 Å². The number of hydrogen-bond acceptors (Lipinski definition) is 5. The van der Waals surface area contributed by atoms with Crippen molar-refractivity contribution in [1.29, 1.82) is 0 Å². The van der Waals surface area contributed by atoms with Gasteiger partial charge in [0.05, 0.1) is 5.56 Å². The summed E-state index contributed by atoms with van der Waals surface area (Å²) in [5.41, 5.74) is 0.723. The van der Waals surface area contributed by atoms with Crippen molar-refractivity contribution < 1.29 is 44.9 Å². The van der Waals surface area contributed by atoms with Gasteiger partial charge in [0.15, 0.2) is 6.26 Å². The molecule has 0 saturated heterocycles. The third kappa shape index (κ3) is 10.0. The summed E-state index contributed by atoms with van der Waals surface area (Å²) in [4.78, 5) is 24.3. The lowest BCUT2D eigenvalue weighted by molar-refractivity contribution is 0.0696. The molecule has 12 heteroatoms. The summed E-state index contributed by atoms with van der Waals surface area (Å²) in [7, 11) is -2.55. The SMILES string of the molecule is CCCN(C)C(=O)c1cc(C=C(F)F)cc(C(=O)O)c1.Cc1ccc(S(=O)(=O)OC=C(F)F)cc1. The number of carbonyl (C=O) groups is 2. The number of rotatable bonds is 8. The quantitative estimate of drug-likeness (QED) is 0.280. The predicted molar refractivity (Wildman–Crippen MR) is 121 cm³/mol. The first kappa shape index (κ1) is 29.4. The highest BCUT2D eigenvalue weighted by atomic mass is 32.2. The van der Waals surface area contributed by atoms with Crippen LogP contribution in [0.3, 0.4) is 0 Å². The molecular formula is C23H23F4NO6S. The zero-order valence-corrected chi connectivity index (χ0v) is 19.8. The molecule has 1 N–H and O–H groups in total. The summed E-state index contributed by atoms with van der Waals surface area (Å²) in [6.45, 7) is 4.17. The van der Waals surface area contributed by atoms with Gasteiger partial charge < -0.3 is 14.2 Å². The molecule has 0 aliphatic rings. The van der Waals surface area contributed by atoms with Crippen molar-refractivity contribution in [2.75, 3.05) is 13.6 Å². The number of aryl methyl sites for hydroxylation is 1. The largest absolute Gasteiger partial charge is 0.478 e. The molecule has 0 heterocycles. The lowest BCUT2D eigenvalue weighted by atomic mass is 10.0.